The fourth-order valence-electron chi connectivity index (χ4n) is 4.04. The van der Waals surface area contributed by atoms with E-state index in [9.17, 15) is 14.4 Å². The van der Waals surface area contributed by atoms with E-state index >= 15 is 0 Å². The van der Waals surface area contributed by atoms with Crippen molar-refractivity contribution in [3.63, 3.8) is 0 Å². The quantitative estimate of drug-likeness (QED) is 0.732. The van der Waals surface area contributed by atoms with Gasteiger partial charge in [0.2, 0.25) is 5.91 Å². The molecule has 0 radical (unpaired) electrons. The number of hydrogen-bond donors (Lipinski definition) is 2. The van der Waals surface area contributed by atoms with E-state index in [-0.39, 0.29) is 37.4 Å². The fourth-order valence-corrected chi connectivity index (χ4v) is 4.04. The number of carbonyl (C=O) groups excluding carboxylic acids is 3. The summed E-state index contributed by atoms with van der Waals surface area (Å²) in [6.45, 7) is 2.51. The second kappa shape index (κ2) is 8.74. The Balaban J connectivity index is 1.49. The van der Waals surface area contributed by atoms with Crippen LogP contribution in [0, 0.1) is 6.92 Å². The van der Waals surface area contributed by atoms with Crippen molar-refractivity contribution in [3.05, 3.63) is 70.9 Å². The van der Waals surface area contributed by atoms with Crippen molar-refractivity contribution in [2.24, 2.45) is 0 Å². The van der Waals surface area contributed by atoms with Crippen LogP contribution in [0.5, 0.6) is 5.75 Å². The first-order chi connectivity index (χ1) is 15.4. The van der Waals surface area contributed by atoms with Crippen LogP contribution in [0.3, 0.4) is 0 Å². The number of ether oxygens (including phenoxy) is 1. The molecule has 1 atom stereocenters. The minimum atomic E-state index is -0.608. The van der Waals surface area contributed by atoms with Crippen LogP contribution in [0.4, 0.5) is 10.5 Å². The van der Waals surface area contributed by atoms with Crippen molar-refractivity contribution in [2.75, 3.05) is 32.6 Å². The number of aryl methyl sites for hydroxylation is 1. The smallest absolute Gasteiger partial charge is 0.322 e. The number of urea groups is 1. The molecule has 4 rings (SSSR count). The zero-order chi connectivity index (χ0) is 22.8. The standard InChI is InChI=1S/C24H26N4O4/c1-15-8-10-16(11-9-15)25-20(29)12-13-28-14-18-21(23(28)30)22(26-24(31)27(18)2)17-6-4-5-7-19(17)32-3/h4-11,22H,12-14H2,1-3H3,(H,25,29)(H,26,31). The second-order valence-electron chi connectivity index (χ2n) is 7.93. The highest BCUT2D eigenvalue weighted by Crippen LogP contribution is 2.38. The molecule has 0 saturated carbocycles. The molecule has 0 aromatic heterocycles. The van der Waals surface area contributed by atoms with Crippen LogP contribution in [0.1, 0.15) is 23.6 Å². The monoisotopic (exact) mass is 434 g/mol. The van der Waals surface area contributed by atoms with Gasteiger partial charge in [0.25, 0.3) is 5.91 Å². The Morgan fingerprint density at radius 1 is 1.16 bits per heavy atom. The maximum Gasteiger partial charge on any atom is 0.322 e. The third-order valence-electron chi connectivity index (χ3n) is 5.83. The zero-order valence-corrected chi connectivity index (χ0v) is 18.3. The number of benzene rings is 2. The molecule has 166 valence electrons. The van der Waals surface area contributed by atoms with Crippen LogP contribution >= 0.6 is 0 Å². The molecule has 0 fully saturated rings. The molecule has 0 bridgehead atoms. The van der Waals surface area contributed by atoms with Crippen LogP contribution in [-0.2, 0) is 9.59 Å². The highest BCUT2D eigenvalue weighted by atomic mass is 16.5. The Bertz CT molecular complexity index is 1090. The van der Waals surface area contributed by atoms with Gasteiger partial charge >= 0.3 is 6.03 Å². The van der Waals surface area contributed by atoms with Gasteiger partial charge in [-0.15, -0.1) is 0 Å². The molecule has 1 unspecified atom stereocenters. The predicted molar refractivity (Wildman–Crippen MR) is 120 cm³/mol. The minimum Gasteiger partial charge on any atom is -0.496 e. The van der Waals surface area contributed by atoms with E-state index in [2.05, 4.69) is 10.6 Å². The lowest BCUT2D eigenvalue weighted by Crippen LogP contribution is -2.45. The van der Waals surface area contributed by atoms with E-state index in [1.54, 1.807) is 25.1 Å². The SMILES string of the molecule is COc1ccccc1C1NC(=O)N(C)C2=C1C(=O)N(CCC(=O)Nc1ccc(C)cc1)C2. The van der Waals surface area contributed by atoms with Gasteiger partial charge in [-0.2, -0.15) is 0 Å². The summed E-state index contributed by atoms with van der Waals surface area (Å²) in [5.74, 6) is 0.235. The van der Waals surface area contributed by atoms with E-state index < -0.39 is 6.04 Å². The summed E-state index contributed by atoms with van der Waals surface area (Å²) >= 11 is 0. The number of rotatable bonds is 6. The molecule has 2 heterocycles. The molecule has 2 aromatic carbocycles. The summed E-state index contributed by atoms with van der Waals surface area (Å²) in [4.78, 5) is 41.4. The van der Waals surface area contributed by atoms with Gasteiger partial charge in [-0.05, 0) is 25.1 Å². The van der Waals surface area contributed by atoms with E-state index in [0.29, 0.717) is 17.0 Å². The number of likely N-dealkylation sites (N-methyl/N-ethyl adjacent to an activating group) is 1. The first-order valence-electron chi connectivity index (χ1n) is 10.4. The van der Waals surface area contributed by atoms with Crippen molar-refractivity contribution < 1.29 is 19.1 Å². The fraction of sp³-hybridized carbons (Fsp3) is 0.292. The van der Waals surface area contributed by atoms with Gasteiger partial charge in [0, 0.05) is 31.3 Å². The predicted octanol–water partition coefficient (Wildman–Crippen LogP) is 2.82. The van der Waals surface area contributed by atoms with Crippen LogP contribution < -0.4 is 15.4 Å². The van der Waals surface area contributed by atoms with E-state index in [1.807, 2.05) is 49.4 Å². The van der Waals surface area contributed by atoms with Crippen molar-refractivity contribution in [2.45, 2.75) is 19.4 Å². The maximum atomic E-state index is 13.3. The van der Waals surface area contributed by atoms with E-state index in [1.165, 1.54) is 4.90 Å². The largest absolute Gasteiger partial charge is 0.496 e. The molecular weight excluding hydrogens is 408 g/mol. The average molecular weight is 434 g/mol. The summed E-state index contributed by atoms with van der Waals surface area (Å²) in [5.41, 5.74) is 3.70. The molecule has 0 spiro atoms. The molecule has 8 heteroatoms. The zero-order valence-electron chi connectivity index (χ0n) is 18.3. The molecule has 32 heavy (non-hydrogen) atoms. The number of nitrogens with zero attached hydrogens (tertiary/aromatic N) is 2. The highest BCUT2D eigenvalue weighted by Gasteiger charge is 2.43. The van der Waals surface area contributed by atoms with Crippen molar-refractivity contribution in [3.8, 4) is 5.75 Å². The second-order valence-corrected chi connectivity index (χ2v) is 7.93. The minimum absolute atomic E-state index is 0.157. The van der Waals surface area contributed by atoms with Crippen molar-refractivity contribution in [1.82, 2.24) is 15.1 Å². The molecule has 0 aliphatic carbocycles. The number of hydrogen-bond acceptors (Lipinski definition) is 4. The number of methoxy groups -OCH3 is 1. The summed E-state index contributed by atoms with van der Waals surface area (Å²) in [6.07, 6.45) is 0.157. The number of nitrogens with one attached hydrogen (secondary N) is 2. The molecule has 2 N–H and O–H groups in total. The number of carbonyl (C=O) groups is 3. The number of anilines is 1. The first-order valence-corrected chi connectivity index (χ1v) is 10.4. The molecule has 8 nitrogen and oxygen atoms in total. The Labute approximate surface area is 186 Å². The Kier molecular flexibility index (Phi) is 5.85. The molecule has 4 amide bonds. The highest BCUT2D eigenvalue weighted by molar-refractivity contribution is 6.02. The Morgan fingerprint density at radius 2 is 1.88 bits per heavy atom. The lowest BCUT2D eigenvalue weighted by Gasteiger charge is -2.31. The van der Waals surface area contributed by atoms with Gasteiger partial charge in [-0.3, -0.25) is 14.5 Å². The van der Waals surface area contributed by atoms with Gasteiger partial charge in [0.05, 0.1) is 31.0 Å². The van der Waals surface area contributed by atoms with Crippen molar-refractivity contribution >= 4 is 23.5 Å². The van der Waals surface area contributed by atoms with Gasteiger partial charge in [-0.25, -0.2) is 4.79 Å². The molecule has 2 aromatic rings. The molecule has 0 saturated heterocycles. The Morgan fingerprint density at radius 3 is 2.59 bits per heavy atom. The van der Waals surface area contributed by atoms with E-state index in [4.69, 9.17) is 4.74 Å². The lowest BCUT2D eigenvalue weighted by molar-refractivity contribution is -0.126. The topological polar surface area (TPSA) is 91.0 Å². The van der Waals surface area contributed by atoms with E-state index in [0.717, 1.165) is 16.8 Å². The Hall–Kier alpha value is -3.81. The maximum absolute atomic E-state index is 13.3. The van der Waals surface area contributed by atoms with Crippen LogP contribution in [0.15, 0.2) is 59.8 Å². The molecule has 2 aliphatic rings. The van der Waals surface area contributed by atoms with Crippen molar-refractivity contribution in [1.29, 1.82) is 0 Å². The van der Waals surface area contributed by atoms with Crippen LogP contribution in [0.2, 0.25) is 0 Å². The van der Waals surface area contributed by atoms with Gasteiger partial charge in [-0.1, -0.05) is 35.9 Å². The molecular formula is C24H26N4O4. The summed E-state index contributed by atoms with van der Waals surface area (Å²) in [5, 5.41) is 5.76. The van der Waals surface area contributed by atoms with Gasteiger partial charge in [0.1, 0.15) is 5.75 Å². The normalized spacial score (nSPS) is 17.9. The van der Waals surface area contributed by atoms with Crippen LogP contribution in [0.25, 0.3) is 0 Å². The van der Waals surface area contributed by atoms with Gasteiger partial charge in [0.15, 0.2) is 0 Å². The number of amides is 4. The summed E-state index contributed by atoms with van der Waals surface area (Å²) in [6, 6.07) is 14.0. The van der Waals surface area contributed by atoms with Crippen LogP contribution in [-0.4, -0.2) is 54.9 Å². The first kappa shape index (κ1) is 21.4. The summed E-state index contributed by atoms with van der Waals surface area (Å²) in [7, 11) is 3.20. The summed E-state index contributed by atoms with van der Waals surface area (Å²) < 4.78 is 5.45. The lowest BCUT2D eigenvalue weighted by atomic mass is 9.95. The van der Waals surface area contributed by atoms with Gasteiger partial charge < -0.3 is 20.3 Å². The number of para-hydroxylation sites is 1. The molecule has 2 aliphatic heterocycles. The average Bonchev–Trinajstić information content (AvgIpc) is 3.13. The third kappa shape index (κ3) is 4.03. The third-order valence-corrected chi connectivity index (χ3v) is 5.83.